The van der Waals surface area contributed by atoms with Crippen molar-refractivity contribution in [2.75, 3.05) is 0 Å². The average Bonchev–Trinajstić information content (AvgIpc) is 1.90. The molecule has 0 saturated heterocycles. The van der Waals surface area contributed by atoms with Gasteiger partial charge in [0.25, 0.3) is 0 Å². The maximum atomic E-state index is 10.1. The SMILES string of the molecule is Cl.O=C(O)c1ccnnn1. The summed E-state index contributed by atoms with van der Waals surface area (Å²) >= 11 is 0. The lowest BCUT2D eigenvalue weighted by Crippen LogP contribution is -2.01. The quantitative estimate of drug-likeness (QED) is 0.627. The van der Waals surface area contributed by atoms with Gasteiger partial charge in [0.2, 0.25) is 0 Å². The molecule has 1 heterocycles. The van der Waals surface area contributed by atoms with Crippen LogP contribution in [-0.2, 0) is 0 Å². The van der Waals surface area contributed by atoms with E-state index in [9.17, 15) is 4.79 Å². The second-order valence-corrected chi connectivity index (χ2v) is 1.31. The van der Waals surface area contributed by atoms with E-state index in [2.05, 4.69) is 15.4 Å². The first-order chi connectivity index (χ1) is 4.30. The molecule has 0 fully saturated rings. The van der Waals surface area contributed by atoms with Gasteiger partial charge in [0.1, 0.15) is 0 Å². The van der Waals surface area contributed by atoms with Crippen LogP contribution in [0.15, 0.2) is 12.3 Å². The summed E-state index contributed by atoms with van der Waals surface area (Å²) in [4.78, 5) is 10.1. The van der Waals surface area contributed by atoms with Crippen LogP contribution in [0.25, 0.3) is 0 Å². The summed E-state index contributed by atoms with van der Waals surface area (Å²) in [5.74, 6) is -1.09. The molecule has 1 rings (SSSR count). The summed E-state index contributed by atoms with van der Waals surface area (Å²) in [7, 11) is 0. The third-order valence-corrected chi connectivity index (χ3v) is 0.722. The molecule has 54 valence electrons. The molecule has 0 unspecified atom stereocenters. The van der Waals surface area contributed by atoms with Gasteiger partial charge < -0.3 is 5.11 Å². The average molecular weight is 162 g/mol. The molecule has 0 spiro atoms. The van der Waals surface area contributed by atoms with Crippen molar-refractivity contribution < 1.29 is 9.90 Å². The fraction of sp³-hybridized carbons (Fsp3) is 0. The molecule has 0 aromatic carbocycles. The van der Waals surface area contributed by atoms with Gasteiger partial charge in [-0.05, 0) is 11.3 Å². The number of nitrogens with zero attached hydrogens (tertiary/aromatic N) is 3. The fourth-order valence-corrected chi connectivity index (χ4v) is 0.355. The highest BCUT2D eigenvalue weighted by Crippen LogP contribution is 1.85. The van der Waals surface area contributed by atoms with Crippen molar-refractivity contribution in [1.82, 2.24) is 15.4 Å². The van der Waals surface area contributed by atoms with Crippen molar-refractivity contribution in [3.8, 4) is 0 Å². The molecule has 1 aromatic rings. The molecule has 0 amide bonds. The number of carbonyl (C=O) groups is 1. The minimum atomic E-state index is -1.09. The van der Waals surface area contributed by atoms with Crippen molar-refractivity contribution in [3.05, 3.63) is 18.0 Å². The number of hydrogen-bond donors (Lipinski definition) is 1. The Morgan fingerprint density at radius 2 is 2.30 bits per heavy atom. The molecule has 0 radical (unpaired) electrons. The minimum Gasteiger partial charge on any atom is -0.476 e. The smallest absolute Gasteiger partial charge is 0.356 e. The van der Waals surface area contributed by atoms with Crippen LogP contribution in [-0.4, -0.2) is 26.5 Å². The fourth-order valence-electron chi connectivity index (χ4n) is 0.355. The Bertz CT molecular complexity index is 215. The predicted molar refractivity (Wildman–Crippen MR) is 34.0 cm³/mol. The molecule has 0 saturated carbocycles. The van der Waals surface area contributed by atoms with Crippen LogP contribution in [0.5, 0.6) is 0 Å². The highest BCUT2D eigenvalue weighted by molar-refractivity contribution is 5.85. The molecule has 10 heavy (non-hydrogen) atoms. The van der Waals surface area contributed by atoms with Crippen molar-refractivity contribution in [2.45, 2.75) is 0 Å². The Kier molecular flexibility index (Phi) is 3.27. The van der Waals surface area contributed by atoms with E-state index < -0.39 is 5.97 Å². The summed E-state index contributed by atoms with van der Waals surface area (Å²) in [5, 5.41) is 17.9. The molecular weight excluding hydrogens is 158 g/mol. The largest absolute Gasteiger partial charge is 0.476 e. The van der Waals surface area contributed by atoms with E-state index in [4.69, 9.17) is 5.11 Å². The molecule has 0 atom stereocenters. The third kappa shape index (κ3) is 1.94. The first kappa shape index (κ1) is 8.77. The monoisotopic (exact) mass is 161 g/mol. The number of carboxylic acid groups (broad SMARTS) is 1. The van der Waals surface area contributed by atoms with Crippen LogP contribution in [0.2, 0.25) is 0 Å². The molecule has 0 bridgehead atoms. The first-order valence-electron chi connectivity index (χ1n) is 2.18. The van der Waals surface area contributed by atoms with E-state index in [1.54, 1.807) is 0 Å². The highest BCUT2D eigenvalue weighted by Gasteiger charge is 2.00. The topological polar surface area (TPSA) is 76.0 Å². The molecule has 6 heteroatoms. The normalized spacial score (nSPS) is 8.00. The van der Waals surface area contributed by atoms with Crippen LogP contribution in [0.3, 0.4) is 0 Å². The Labute approximate surface area is 62.5 Å². The summed E-state index contributed by atoms with van der Waals surface area (Å²) in [6, 6.07) is 1.27. The van der Waals surface area contributed by atoms with Crippen molar-refractivity contribution in [3.63, 3.8) is 0 Å². The zero-order valence-corrected chi connectivity index (χ0v) is 5.58. The standard InChI is InChI=1S/C4H3N3O2.ClH/c8-4(9)3-1-2-5-7-6-3;/h1-2H,(H,8,9);1H. The zero-order valence-electron chi connectivity index (χ0n) is 4.76. The van der Waals surface area contributed by atoms with Gasteiger partial charge in [0, 0.05) is 0 Å². The summed E-state index contributed by atoms with van der Waals surface area (Å²) < 4.78 is 0. The van der Waals surface area contributed by atoms with E-state index in [-0.39, 0.29) is 18.1 Å². The Hall–Kier alpha value is -1.23. The lowest BCUT2D eigenvalue weighted by atomic mass is 10.4. The van der Waals surface area contributed by atoms with Gasteiger partial charge in [-0.2, -0.15) is 0 Å². The molecule has 1 N–H and O–H groups in total. The van der Waals surface area contributed by atoms with Gasteiger partial charge in [-0.15, -0.1) is 22.6 Å². The lowest BCUT2D eigenvalue weighted by Gasteiger charge is -1.84. The minimum absolute atomic E-state index is 0. The van der Waals surface area contributed by atoms with E-state index in [0.29, 0.717) is 0 Å². The second-order valence-electron chi connectivity index (χ2n) is 1.31. The molecule has 1 aromatic heterocycles. The maximum absolute atomic E-state index is 10.1. The number of rotatable bonds is 1. The van der Waals surface area contributed by atoms with Crippen molar-refractivity contribution in [2.24, 2.45) is 0 Å². The molecule has 5 nitrogen and oxygen atoms in total. The van der Waals surface area contributed by atoms with Gasteiger partial charge in [-0.25, -0.2) is 4.79 Å². The van der Waals surface area contributed by atoms with Gasteiger partial charge in [-0.3, -0.25) is 0 Å². The maximum Gasteiger partial charge on any atom is 0.356 e. The van der Waals surface area contributed by atoms with Crippen LogP contribution in [0.4, 0.5) is 0 Å². The van der Waals surface area contributed by atoms with Crippen LogP contribution >= 0.6 is 12.4 Å². The molecule has 0 aliphatic heterocycles. The second kappa shape index (κ2) is 3.73. The van der Waals surface area contributed by atoms with Gasteiger partial charge >= 0.3 is 5.97 Å². The number of halogens is 1. The van der Waals surface area contributed by atoms with Crippen LogP contribution in [0.1, 0.15) is 10.5 Å². The number of carboxylic acids is 1. The summed E-state index contributed by atoms with van der Waals surface area (Å²) in [5.41, 5.74) is -0.0926. The van der Waals surface area contributed by atoms with Crippen LogP contribution < -0.4 is 0 Å². The van der Waals surface area contributed by atoms with E-state index in [0.717, 1.165) is 0 Å². The predicted octanol–water partition coefficient (Wildman–Crippen LogP) is -0.00840. The Balaban J connectivity index is 0.000000810. The summed E-state index contributed by atoms with van der Waals surface area (Å²) in [6.07, 6.45) is 1.27. The van der Waals surface area contributed by atoms with Gasteiger partial charge in [0.05, 0.1) is 6.20 Å². The number of aromatic nitrogens is 3. The zero-order chi connectivity index (χ0) is 6.69. The highest BCUT2D eigenvalue weighted by atomic mass is 35.5. The summed E-state index contributed by atoms with van der Waals surface area (Å²) in [6.45, 7) is 0. The number of aromatic carboxylic acids is 1. The molecule has 0 aliphatic carbocycles. The van der Waals surface area contributed by atoms with Crippen molar-refractivity contribution >= 4 is 18.4 Å². The Morgan fingerprint density at radius 3 is 2.60 bits per heavy atom. The first-order valence-corrected chi connectivity index (χ1v) is 2.18. The van der Waals surface area contributed by atoms with E-state index in [1.165, 1.54) is 12.3 Å². The van der Waals surface area contributed by atoms with Gasteiger partial charge in [-0.1, -0.05) is 0 Å². The molecular formula is C4H4ClN3O2. The van der Waals surface area contributed by atoms with Gasteiger partial charge in [0.15, 0.2) is 5.69 Å². The van der Waals surface area contributed by atoms with Crippen LogP contribution in [0, 0.1) is 0 Å². The Morgan fingerprint density at radius 1 is 1.60 bits per heavy atom. The van der Waals surface area contributed by atoms with E-state index >= 15 is 0 Å². The third-order valence-electron chi connectivity index (χ3n) is 0.722. The van der Waals surface area contributed by atoms with E-state index in [1.807, 2.05) is 0 Å². The lowest BCUT2D eigenvalue weighted by molar-refractivity contribution is 0.0688. The number of hydrogen-bond acceptors (Lipinski definition) is 4. The van der Waals surface area contributed by atoms with Crippen molar-refractivity contribution in [1.29, 1.82) is 0 Å². The molecule has 0 aliphatic rings.